The number of aryl methyl sites for hydroxylation is 1. The molecular formula is C16H22ClNO3. The summed E-state index contributed by atoms with van der Waals surface area (Å²) in [5.41, 5.74) is 1.58. The van der Waals surface area contributed by atoms with Gasteiger partial charge >= 0.3 is 5.97 Å². The highest BCUT2D eigenvalue weighted by molar-refractivity contribution is 5.95. The summed E-state index contributed by atoms with van der Waals surface area (Å²) in [4.78, 5) is 13.5. The maximum absolute atomic E-state index is 12.1. The molecule has 0 atom stereocenters. The van der Waals surface area contributed by atoms with E-state index >= 15 is 0 Å². The Morgan fingerprint density at radius 3 is 2.52 bits per heavy atom. The lowest BCUT2D eigenvalue weighted by atomic mass is 10.1. The molecule has 0 aliphatic carbocycles. The van der Waals surface area contributed by atoms with Crippen molar-refractivity contribution in [1.29, 1.82) is 0 Å². The first-order valence-corrected chi connectivity index (χ1v) is 7.16. The van der Waals surface area contributed by atoms with Crippen LogP contribution in [0.3, 0.4) is 0 Å². The molecule has 0 spiro atoms. The van der Waals surface area contributed by atoms with Crippen LogP contribution in [0.2, 0.25) is 0 Å². The van der Waals surface area contributed by atoms with Crippen molar-refractivity contribution in [3.63, 3.8) is 0 Å². The summed E-state index contributed by atoms with van der Waals surface area (Å²) in [5, 5.41) is 0.966. The van der Waals surface area contributed by atoms with Gasteiger partial charge in [0.2, 0.25) is 5.76 Å². The Balaban J connectivity index is 0.00000220. The number of rotatable bonds is 6. The summed E-state index contributed by atoms with van der Waals surface area (Å²) in [6.45, 7) is 9.48. The van der Waals surface area contributed by atoms with Crippen LogP contribution in [0.5, 0.6) is 0 Å². The van der Waals surface area contributed by atoms with Gasteiger partial charge in [0.1, 0.15) is 18.7 Å². The molecule has 0 aliphatic heterocycles. The highest BCUT2D eigenvalue weighted by Crippen LogP contribution is 2.25. The monoisotopic (exact) mass is 311 g/mol. The van der Waals surface area contributed by atoms with Crippen LogP contribution in [-0.2, 0) is 4.74 Å². The van der Waals surface area contributed by atoms with Gasteiger partial charge in [-0.2, -0.15) is 0 Å². The van der Waals surface area contributed by atoms with Crippen LogP contribution in [0.25, 0.3) is 11.0 Å². The molecule has 2 rings (SSSR count). The topological polar surface area (TPSA) is 43.9 Å². The first-order chi connectivity index (χ1) is 9.67. The number of furan rings is 1. The van der Waals surface area contributed by atoms with E-state index in [0.29, 0.717) is 12.4 Å². The molecule has 1 N–H and O–H groups in total. The SMILES string of the molecule is CC[NH+](CC)CCOC(=O)c1oc2ccccc2c1C.[Cl-]. The molecule has 0 saturated carbocycles. The number of esters is 1. The number of para-hydroxylation sites is 1. The molecule has 2 aromatic rings. The van der Waals surface area contributed by atoms with Gasteiger partial charge in [0.15, 0.2) is 0 Å². The average molecular weight is 312 g/mol. The predicted octanol–water partition coefficient (Wildman–Crippen LogP) is -1.17. The third-order valence-corrected chi connectivity index (χ3v) is 3.72. The van der Waals surface area contributed by atoms with Gasteiger partial charge in [-0.15, -0.1) is 0 Å². The Kier molecular flexibility index (Phi) is 6.72. The molecule has 0 unspecified atom stereocenters. The third-order valence-electron chi connectivity index (χ3n) is 3.72. The summed E-state index contributed by atoms with van der Waals surface area (Å²) in [6.07, 6.45) is 0. The highest BCUT2D eigenvalue weighted by Gasteiger charge is 2.19. The first-order valence-electron chi connectivity index (χ1n) is 7.16. The van der Waals surface area contributed by atoms with E-state index < -0.39 is 0 Å². The van der Waals surface area contributed by atoms with Crippen molar-refractivity contribution in [3.8, 4) is 0 Å². The summed E-state index contributed by atoms with van der Waals surface area (Å²) < 4.78 is 10.9. The Bertz CT molecular complexity index is 590. The van der Waals surface area contributed by atoms with E-state index in [1.54, 1.807) is 0 Å². The maximum atomic E-state index is 12.1. The number of quaternary nitrogens is 1. The standard InChI is InChI=1S/C16H21NO3.ClH/c1-4-17(5-2)10-11-19-16(18)15-12(3)13-8-6-7-9-14(13)20-15;/h6-9H,4-5,10-11H2,1-3H3;1H. The minimum Gasteiger partial charge on any atom is -1.00 e. The van der Waals surface area contributed by atoms with Crippen molar-refractivity contribution < 1.29 is 31.3 Å². The van der Waals surface area contributed by atoms with Crippen molar-refractivity contribution in [2.24, 2.45) is 0 Å². The molecule has 1 aromatic heterocycles. The fourth-order valence-corrected chi connectivity index (χ4v) is 2.33. The quantitative estimate of drug-likeness (QED) is 0.684. The second kappa shape index (κ2) is 8.05. The minimum atomic E-state index is -0.370. The number of benzene rings is 1. The lowest BCUT2D eigenvalue weighted by molar-refractivity contribution is -0.896. The number of nitrogens with one attached hydrogen (secondary N) is 1. The number of carbonyl (C=O) groups is 1. The van der Waals surface area contributed by atoms with Crippen LogP contribution in [-0.4, -0.2) is 32.2 Å². The van der Waals surface area contributed by atoms with Gasteiger partial charge in [0.05, 0.1) is 13.1 Å². The normalized spacial score (nSPS) is 10.7. The maximum Gasteiger partial charge on any atom is 0.374 e. The van der Waals surface area contributed by atoms with Gasteiger partial charge in [-0.3, -0.25) is 0 Å². The Labute approximate surface area is 131 Å². The number of fused-ring (bicyclic) bond motifs is 1. The van der Waals surface area contributed by atoms with Crippen molar-refractivity contribution in [2.75, 3.05) is 26.2 Å². The lowest BCUT2D eigenvalue weighted by Crippen LogP contribution is -3.11. The first kappa shape index (κ1) is 17.5. The number of ether oxygens (including phenoxy) is 1. The fourth-order valence-electron chi connectivity index (χ4n) is 2.33. The van der Waals surface area contributed by atoms with E-state index in [1.165, 1.54) is 4.90 Å². The average Bonchev–Trinajstić information content (AvgIpc) is 2.81. The number of hydrogen-bond donors (Lipinski definition) is 1. The summed E-state index contributed by atoms with van der Waals surface area (Å²) in [7, 11) is 0. The largest absolute Gasteiger partial charge is 1.00 e. The van der Waals surface area contributed by atoms with E-state index in [1.807, 2.05) is 31.2 Å². The molecule has 0 saturated heterocycles. The molecule has 4 nitrogen and oxygen atoms in total. The van der Waals surface area contributed by atoms with E-state index in [2.05, 4.69) is 13.8 Å². The van der Waals surface area contributed by atoms with Gasteiger partial charge in [-0.1, -0.05) is 18.2 Å². The molecule has 0 amide bonds. The Morgan fingerprint density at radius 1 is 1.24 bits per heavy atom. The van der Waals surface area contributed by atoms with E-state index in [9.17, 15) is 4.79 Å². The number of halogens is 1. The van der Waals surface area contributed by atoms with Crippen LogP contribution in [0.1, 0.15) is 30.0 Å². The summed E-state index contributed by atoms with van der Waals surface area (Å²) >= 11 is 0. The zero-order valence-electron chi connectivity index (χ0n) is 12.7. The van der Waals surface area contributed by atoms with Gasteiger partial charge < -0.3 is 26.5 Å². The van der Waals surface area contributed by atoms with Crippen molar-refractivity contribution in [2.45, 2.75) is 20.8 Å². The smallest absolute Gasteiger partial charge is 0.374 e. The third kappa shape index (κ3) is 3.99. The van der Waals surface area contributed by atoms with Crippen LogP contribution < -0.4 is 17.3 Å². The van der Waals surface area contributed by atoms with E-state index in [-0.39, 0.29) is 18.4 Å². The zero-order chi connectivity index (χ0) is 14.5. The summed E-state index contributed by atoms with van der Waals surface area (Å²) in [6, 6.07) is 7.64. The molecule has 1 heterocycles. The molecule has 1 aromatic carbocycles. The Morgan fingerprint density at radius 2 is 1.90 bits per heavy atom. The second-order valence-corrected chi connectivity index (χ2v) is 4.90. The van der Waals surface area contributed by atoms with Gasteiger partial charge in [-0.25, -0.2) is 4.79 Å². The summed E-state index contributed by atoms with van der Waals surface area (Å²) in [5.74, 6) is -0.0500. The van der Waals surface area contributed by atoms with Crippen LogP contribution in [0.15, 0.2) is 28.7 Å². The van der Waals surface area contributed by atoms with Crippen LogP contribution in [0.4, 0.5) is 0 Å². The van der Waals surface area contributed by atoms with E-state index in [4.69, 9.17) is 9.15 Å². The molecule has 0 bridgehead atoms. The molecule has 0 radical (unpaired) electrons. The second-order valence-electron chi connectivity index (χ2n) is 4.90. The number of carbonyl (C=O) groups excluding carboxylic acids is 1. The minimum absolute atomic E-state index is 0. The fraction of sp³-hybridized carbons (Fsp3) is 0.438. The van der Waals surface area contributed by atoms with Crippen molar-refractivity contribution in [3.05, 3.63) is 35.6 Å². The van der Waals surface area contributed by atoms with Crippen molar-refractivity contribution in [1.82, 2.24) is 0 Å². The molecule has 0 fully saturated rings. The highest BCUT2D eigenvalue weighted by atomic mass is 35.5. The van der Waals surface area contributed by atoms with Crippen LogP contribution >= 0.6 is 0 Å². The molecule has 5 heteroatoms. The zero-order valence-corrected chi connectivity index (χ0v) is 13.5. The van der Waals surface area contributed by atoms with Crippen LogP contribution in [0, 0.1) is 6.92 Å². The lowest BCUT2D eigenvalue weighted by Gasteiger charge is -2.14. The van der Waals surface area contributed by atoms with Gasteiger partial charge in [0, 0.05) is 10.9 Å². The Hall–Kier alpha value is -1.52. The van der Waals surface area contributed by atoms with Gasteiger partial charge in [-0.05, 0) is 26.8 Å². The molecule has 21 heavy (non-hydrogen) atoms. The predicted molar refractivity (Wildman–Crippen MR) is 78.1 cm³/mol. The molecular weight excluding hydrogens is 290 g/mol. The van der Waals surface area contributed by atoms with Gasteiger partial charge in [0.25, 0.3) is 0 Å². The van der Waals surface area contributed by atoms with E-state index in [0.717, 1.165) is 36.2 Å². The molecule has 116 valence electrons. The molecule has 0 aliphatic rings. The number of likely N-dealkylation sites (N-methyl/N-ethyl adjacent to an activating group) is 1. The number of hydrogen-bond acceptors (Lipinski definition) is 3. The van der Waals surface area contributed by atoms with Crippen molar-refractivity contribution >= 4 is 16.9 Å².